The van der Waals surface area contributed by atoms with Crippen LogP contribution in [0.1, 0.15) is 39.4 Å². The molecule has 1 aliphatic rings. The number of rotatable bonds is 4. The van der Waals surface area contributed by atoms with E-state index in [0.29, 0.717) is 0 Å². The molecule has 4 heteroatoms. The Hall–Kier alpha value is -0.900. The van der Waals surface area contributed by atoms with Gasteiger partial charge in [0, 0.05) is 12.1 Å². The molecule has 0 radical (unpaired) electrons. The topological polar surface area (TPSA) is 42.7 Å². The van der Waals surface area contributed by atoms with Crippen LogP contribution in [-0.2, 0) is 13.1 Å². The van der Waals surface area contributed by atoms with Crippen molar-refractivity contribution in [3.8, 4) is 0 Å². The highest BCUT2D eigenvalue weighted by atomic mass is 15.3. The molecule has 0 saturated heterocycles. The molecule has 1 saturated carbocycles. The molecule has 1 heterocycles. The standard InChI is InChI=1S/C11H20N4/c1-11(2,3)13-6-10-12-8-14-15(10)7-9-4-5-9/h8-9,13H,4-7H2,1-3H3. The number of hydrogen-bond acceptors (Lipinski definition) is 3. The molecule has 84 valence electrons. The maximum Gasteiger partial charge on any atom is 0.140 e. The second kappa shape index (κ2) is 3.93. The molecule has 15 heavy (non-hydrogen) atoms. The molecule has 0 aliphatic heterocycles. The summed E-state index contributed by atoms with van der Waals surface area (Å²) in [7, 11) is 0. The minimum absolute atomic E-state index is 0.135. The molecule has 0 aromatic carbocycles. The largest absolute Gasteiger partial charge is 0.305 e. The Morgan fingerprint density at radius 3 is 2.80 bits per heavy atom. The third-order valence-electron chi connectivity index (χ3n) is 2.60. The van der Waals surface area contributed by atoms with E-state index in [9.17, 15) is 0 Å². The van der Waals surface area contributed by atoms with Gasteiger partial charge in [-0.15, -0.1) is 0 Å². The molecular formula is C11H20N4. The Morgan fingerprint density at radius 1 is 1.47 bits per heavy atom. The number of nitrogens with zero attached hydrogens (tertiary/aromatic N) is 3. The summed E-state index contributed by atoms with van der Waals surface area (Å²) in [5, 5.41) is 7.70. The van der Waals surface area contributed by atoms with Gasteiger partial charge in [-0.3, -0.25) is 0 Å². The fraction of sp³-hybridized carbons (Fsp3) is 0.818. The van der Waals surface area contributed by atoms with Crippen molar-refractivity contribution in [1.29, 1.82) is 0 Å². The van der Waals surface area contributed by atoms with Crippen LogP contribution in [0.3, 0.4) is 0 Å². The number of aromatic nitrogens is 3. The summed E-state index contributed by atoms with van der Waals surface area (Å²) in [6, 6.07) is 0. The van der Waals surface area contributed by atoms with Gasteiger partial charge in [-0.1, -0.05) is 0 Å². The van der Waals surface area contributed by atoms with Crippen LogP contribution in [0.25, 0.3) is 0 Å². The Bertz CT molecular complexity index is 320. The van der Waals surface area contributed by atoms with Gasteiger partial charge in [-0.05, 0) is 39.5 Å². The average molecular weight is 208 g/mol. The van der Waals surface area contributed by atoms with Gasteiger partial charge in [0.15, 0.2) is 0 Å². The predicted octanol–water partition coefficient (Wildman–Crippen LogP) is 1.58. The monoisotopic (exact) mass is 208 g/mol. The van der Waals surface area contributed by atoms with E-state index in [1.54, 1.807) is 6.33 Å². The molecule has 0 spiro atoms. The lowest BCUT2D eigenvalue weighted by Gasteiger charge is -2.20. The summed E-state index contributed by atoms with van der Waals surface area (Å²) < 4.78 is 2.04. The second-order valence-electron chi connectivity index (χ2n) is 5.41. The van der Waals surface area contributed by atoms with E-state index in [2.05, 4.69) is 36.2 Å². The highest BCUT2D eigenvalue weighted by Gasteiger charge is 2.23. The Morgan fingerprint density at radius 2 is 2.20 bits per heavy atom. The summed E-state index contributed by atoms with van der Waals surface area (Å²) in [6.45, 7) is 8.33. The first-order valence-corrected chi connectivity index (χ1v) is 5.66. The van der Waals surface area contributed by atoms with Gasteiger partial charge in [0.1, 0.15) is 12.2 Å². The maximum absolute atomic E-state index is 4.29. The van der Waals surface area contributed by atoms with Crippen LogP contribution >= 0.6 is 0 Å². The lowest BCUT2D eigenvalue weighted by Crippen LogP contribution is -2.36. The molecule has 1 N–H and O–H groups in total. The summed E-state index contributed by atoms with van der Waals surface area (Å²) in [5.74, 6) is 1.90. The van der Waals surface area contributed by atoms with Gasteiger partial charge in [0.05, 0.1) is 6.54 Å². The van der Waals surface area contributed by atoms with Gasteiger partial charge >= 0.3 is 0 Å². The third-order valence-corrected chi connectivity index (χ3v) is 2.60. The van der Waals surface area contributed by atoms with E-state index in [4.69, 9.17) is 0 Å². The first-order chi connectivity index (χ1) is 7.04. The van der Waals surface area contributed by atoms with Crippen molar-refractivity contribution in [1.82, 2.24) is 20.1 Å². The molecule has 0 atom stereocenters. The van der Waals surface area contributed by atoms with Crippen molar-refractivity contribution in [2.45, 2.75) is 52.2 Å². The highest BCUT2D eigenvalue weighted by molar-refractivity contribution is 4.88. The zero-order chi connectivity index (χ0) is 10.9. The zero-order valence-corrected chi connectivity index (χ0v) is 9.82. The van der Waals surface area contributed by atoms with E-state index >= 15 is 0 Å². The van der Waals surface area contributed by atoms with Crippen molar-refractivity contribution in [2.24, 2.45) is 5.92 Å². The normalized spacial score (nSPS) is 17.0. The summed E-state index contributed by atoms with van der Waals surface area (Å²) in [5.41, 5.74) is 0.135. The van der Waals surface area contributed by atoms with Crippen molar-refractivity contribution in [2.75, 3.05) is 0 Å². The van der Waals surface area contributed by atoms with Crippen LogP contribution in [0.5, 0.6) is 0 Å². The minimum atomic E-state index is 0.135. The van der Waals surface area contributed by atoms with Crippen LogP contribution in [0.2, 0.25) is 0 Å². The van der Waals surface area contributed by atoms with Crippen molar-refractivity contribution in [3.63, 3.8) is 0 Å². The minimum Gasteiger partial charge on any atom is -0.305 e. The molecule has 0 unspecified atom stereocenters. The second-order valence-corrected chi connectivity index (χ2v) is 5.41. The molecule has 0 bridgehead atoms. The molecule has 1 aromatic heterocycles. The fourth-order valence-electron chi connectivity index (χ4n) is 1.47. The van der Waals surface area contributed by atoms with Crippen LogP contribution in [0.4, 0.5) is 0 Å². The Balaban J connectivity index is 1.92. The van der Waals surface area contributed by atoms with Gasteiger partial charge < -0.3 is 5.32 Å². The van der Waals surface area contributed by atoms with Crippen LogP contribution in [-0.4, -0.2) is 20.3 Å². The van der Waals surface area contributed by atoms with Gasteiger partial charge in [-0.2, -0.15) is 5.10 Å². The molecule has 1 aromatic rings. The van der Waals surface area contributed by atoms with E-state index < -0.39 is 0 Å². The van der Waals surface area contributed by atoms with Gasteiger partial charge in [-0.25, -0.2) is 9.67 Å². The Labute approximate surface area is 91.1 Å². The van der Waals surface area contributed by atoms with Crippen LogP contribution in [0.15, 0.2) is 6.33 Å². The summed E-state index contributed by atoms with van der Waals surface area (Å²) in [6.07, 6.45) is 4.36. The molecule has 2 rings (SSSR count). The van der Waals surface area contributed by atoms with Crippen molar-refractivity contribution < 1.29 is 0 Å². The third kappa shape index (κ3) is 3.30. The highest BCUT2D eigenvalue weighted by Crippen LogP contribution is 2.30. The van der Waals surface area contributed by atoms with Gasteiger partial charge in [0.2, 0.25) is 0 Å². The Kier molecular flexibility index (Phi) is 2.78. The lowest BCUT2D eigenvalue weighted by molar-refractivity contribution is 0.405. The van der Waals surface area contributed by atoms with Crippen molar-refractivity contribution >= 4 is 0 Å². The fourth-order valence-corrected chi connectivity index (χ4v) is 1.47. The zero-order valence-electron chi connectivity index (χ0n) is 9.82. The molecule has 1 aliphatic carbocycles. The van der Waals surface area contributed by atoms with Crippen molar-refractivity contribution in [3.05, 3.63) is 12.2 Å². The van der Waals surface area contributed by atoms with Gasteiger partial charge in [0.25, 0.3) is 0 Å². The van der Waals surface area contributed by atoms with Crippen LogP contribution < -0.4 is 5.32 Å². The average Bonchev–Trinajstić information content (AvgIpc) is 2.80. The SMILES string of the molecule is CC(C)(C)NCc1ncnn1CC1CC1. The number of nitrogens with one attached hydrogen (secondary N) is 1. The number of hydrogen-bond donors (Lipinski definition) is 1. The lowest BCUT2D eigenvalue weighted by atomic mass is 10.1. The molecule has 0 amide bonds. The molecule has 1 fully saturated rings. The van der Waals surface area contributed by atoms with Crippen LogP contribution in [0, 0.1) is 5.92 Å². The van der Waals surface area contributed by atoms with E-state index in [1.165, 1.54) is 12.8 Å². The first kappa shape index (κ1) is 10.6. The summed E-state index contributed by atoms with van der Waals surface area (Å²) in [4.78, 5) is 4.29. The maximum atomic E-state index is 4.29. The first-order valence-electron chi connectivity index (χ1n) is 5.66. The van der Waals surface area contributed by atoms with E-state index in [-0.39, 0.29) is 5.54 Å². The van der Waals surface area contributed by atoms with E-state index in [1.807, 2.05) is 4.68 Å². The molecular weight excluding hydrogens is 188 g/mol. The molecule has 4 nitrogen and oxygen atoms in total. The quantitative estimate of drug-likeness (QED) is 0.817. The van der Waals surface area contributed by atoms with E-state index in [0.717, 1.165) is 24.8 Å². The smallest absolute Gasteiger partial charge is 0.140 e. The predicted molar refractivity (Wildman–Crippen MR) is 59.3 cm³/mol. The summed E-state index contributed by atoms with van der Waals surface area (Å²) >= 11 is 0.